The quantitative estimate of drug-likeness (QED) is 0.555. The molecule has 0 N–H and O–H groups in total. The van der Waals surface area contributed by atoms with Crippen LogP contribution in [-0.2, 0) is 0 Å². The first-order valence-corrected chi connectivity index (χ1v) is 6.99. The van der Waals surface area contributed by atoms with Crippen molar-refractivity contribution in [3.8, 4) is 0 Å². The summed E-state index contributed by atoms with van der Waals surface area (Å²) in [7, 11) is -0.484. The normalized spacial score (nSPS) is 14.1. The zero-order chi connectivity index (χ0) is 7.98. The van der Waals surface area contributed by atoms with Crippen LogP contribution >= 0.6 is 0 Å². The van der Waals surface area contributed by atoms with Gasteiger partial charge in [0.15, 0.2) is 0 Å². The summed E-state index contributed by atoms with van der Waals surface area (Å²) in [6.45, 7) is 11.8. The summed E-state index contributed by atoms with van der Waals surface area (Å²) >= 11 is 0. The third kappa shape index (κ3) is 3.37. The molecular weight excluding hydrogens is 138 g/mol. The Balaban J connectivity index is 3.53. The summed E-state index contributed by atoms with van der Waals surface area (Å²) in [5.74, 6) is 0. The van der Waals surface area contributed by atoms with E-state index >= 15 is 0 Å². The van der Waals surface area contributed by atoms with Crippen LogP contribution in [0.3, 0.4) is 0 Å². The van der Waals surface area contributed by atoms with E-state index < -0.39 is 8.96 Å². The molecule has 1 nitrogen and oxygen atoms in total. The van der Waals surface area contributed by atoms with Gasteiger partial charge in [-0.2, -0.15) is 0 Å². The molecule has 1 unspecified atom stereocenters. The summed E-state index contributed by atoms with van der Waals surface area (Å²) in [5.41, 5.74) is 0. The van der Waals surface area contributed by atoms with Crippen LogP contribution in [0.4, 0.5) is 0 Å². The smallest absolute Gasteiger partial charge is 0.108 e. The number of hydrogen-bond donors (Lipinski definition) is 0. The van der Waals surface area contributed by atoms with Crippen molar-refractivity contribution in [2.45, 2.75) is 39.8 Å². The number of rotatable bonds is 5. The predicted octanol–water partition coefficient (Wildman–Crippen LogP) is 2.09. The van der Waals surface area contributed by atoms with E-state index in [0.29, 0.717) is 0 Å². The van der Waals surface area contributed by atoms with Crippen LogP contribution in [0, 0.1) is 0 Å². The van der Waals surface area contributed by atoms with Gasteiger partial charge in [0.25, 0.3) is 0 Å². The van der Waals surface area contributed by atoms with Crippen molar-refractivity contribution in [2.24, 2.45) is 0 Å². The molecule has 0 aromatic rings. The van der Waals surface area contributed by atoms with Gasteiger partial charge in [-0.25, -0.2) is 0 Å². The van der Waals surface area contributed by atoms with E-state index in [9.17, 15) is 0 Å². The van der Waals surface area contributed by atoms with Crippen molar-refractivity contribution >= 4 is 8.96 Å². The van der Waals surface area contributed by atoms with E-state index in [1.165, 1.54) is 25.6 Å². The Kier molecular flexibility index (Phi) is 6.03. The monoisotopic (exact) mass is 159 g/mol. The number of nitrogens with zero attached hydrogens (tertiary/aromatic N) is 1. The van der Waals surface area contributed by atoms with Gasteiger partial charge in [-0.3, -0.25) is 0 Å². The molecule has 0 saturated carbocycles. The Morgan fingerprint density at radius 2 is 1.60 bits per heavy atom. The fourth-order valence-electron chi connectivity index (χ4n) is 1.45. The maximum absolute atomic E-state index is 2.64. The van der Waals surface area contributed by atoms with Gasteiger partial charge in [0, 0.05) is 0 Å². The zero-order valence-corrected chi connectivity index (χ0v) is 9.01. The van der Waals surface area contributed by atoms with Crippen molar-refractivity contribution < 1.29 is 0 Å². The lowest BCUT2D eigenvalue weighted by Gasteiger charge is -2.24. The van der Waals surface area contributed by atoms with Gasteiger partial charge >= 0.3 is 0 Å². The van der Waals surface area contributed by atoms with E-state index in [1.54, 1.807) is 0 Å². The Hall–Kier alpha value is 0.177. The molecule has 0 aromatic carbocycles. The molecule has 10 heavy (non-hydrogen) atoms. The molecule has 0 spiro atoms. The fraction of sp³-hybridized carbons (Fsp3) is 1.00. The molecule has 0 aliphatic rings. The third-order valence-electron chi connectivity index (χ3n) is 2.14. The van der Waals surface area contributed by atoms with Gasteiger partial charge in [0.2, 0.25) is 0 Å². The molecular formula is C8H21NSi. The fourth-order valence-corrected chi connectivity index (χ4v) is 3.89. The average molecular weight is 159 g/mol. The number of hydrogen-bond acceptors (Lipinski definition) is 1. The summed E-state index contributed by atoms with van der Waals surface area (Å²) in [6, 6.07) is 1.47. The van der Waals surface area contributed by atoms with E-state index in [0.717, 1.165) is 0 Å². The molecule has 0 saturated heterocycles. The molecule has 62 valence electrons. The highest BCUT2D eigenvalue weighted by Gasteiger charge is 2.09. The van der Waals surface area contributed by atoms with Crippen molar-refractivity contribution in [3.63, 3.8) is 0 Å². The molecule has 0 rings (SSSR count). The zero-order valence-electron chi connectivity index (χ0n) is 7.85. The minimum Gasteiger partial charge on any atom is -0.327 e. The molecule has 0 fully saturated rings. The van der Waals surface area contributed by atoms with Crippen LogP contribution in [0.15, 0.2) is 0 Å². The highest BCUT2D eigenvalue weighted by Crippen LogP contribution is 2.02. The minimum atomic E-state index is -0.484. The summed E-state index contributed by atoms with van der Waals surface area (Å²) in [6.07, 6.45) is 1.36. The van der Waals surface area contributed by atoms with Gasteiger partial charge in [-0.1, -0.05) is 33.7 Å². The van der Waals surface area contributed by atoms with Crippen LogP contribution < -0.4 is 0 Å². The van der Waals surface area contributed by atoms with Gasteiger partial charge < -0.3 is 4.57 Å². The Morgan fingerprint density at radius 1 is 1.10 bits per heavy atom. The lowest BCUT2D eigenvalue weighted by atomic mass is 10.6. The van der Waals surface area contributed by atoms with E-state index in [4.69, 9.17) is 0 Å². The topological polar surface area (TPSA) is 3.24 Å². The second-order valence-electron chi connectivity index (χ2n) is 2.86. The first-order chi connectivity index (χ1) is 4.76. The maximum atomic E-state index is 2.64. The first kappa shape index (κ1) is 10.2. The van der Waals surface area contributed by atoms with Gasteiger partial charge in [0.1, 0.15) is 8.96 Å². The minimum absolute atomic E-state index is 0.484. The van der Waals surface area contributed by atoms with Crippen molar-refractivity contribution in [1.29, 1.82) is 0 Å². The molecule has 0 aromatic heterocycles. The molecule has 0 bridgehead atoms. The molecule has 0 heterocycles. The molecule has 1 atom stereocenters. The van der Waals surface area contributed by atoms with Crippen LogP contribution in [0.25, 0.3) is 0 Å². The molecule has 2 heteroatoms. The van der Waals surface area contributed by atoms with Gasteiger partial charge in [-0.15, -0.1) is 0 Å². The first-order valence-electron chi connectivity index (χ1n) is 4.50. The lowest BCUT2D eigenvalue weighted by Crippen LogP contribution is -2.36. The van der Waals surface area contributed by atoms with Crippen LogP contribution in [0.2, 0.25) is 12.6 Å². The van der Waals surface area contributed by atoms with E-state index in [1.807, 2.05) is 0 Å². The van der Waals surface area contributed by atoms with Crippen molar-refractivity contribution in [1.82, 2.24) is 4.57 Å². The summed E-state index contributed by atoms with van der Waals surface area (Å²) in [5, 5.41) is 0. The predicted molar refractivity (Wildman–Crippen MR) is 51.0 cm³/mol. The second-order valence-corrected chi connectivity index (χ2v) is 5.86. The third-order valence-corrected chi connectivity index (χ3v) is 5.53. The standard InChI is InChI=1S/C8H21NSi/c1-5-8-10(4)9(6-2)7-3/h10H,5-8H2,1-4H3. The lowest BCUT2D eigenvalue weighted by molar-refractivity contribution is 0.478. The summed E-state index contributed by atoms with van der Waals surface area (Å²) < 4.78 is 2.64. The Bertz CT molecular complexity index is 71.7. The highest BCUT2D eigenvalue weighted by atomic mass is 28.3. The Labute approximate surface area is 67.1 Å². The SMILES string of the molecule is CCC[SiH](C)N(CC)CC. The largest absolute Gasteiger partial charge is 0.327 e. The van der Waals surface area contributed by atoms with Crippen LogP contribution in [0.5, 0.6) is 0 Å². The van der Waals surface area contributed by atoms with Gasteiger partial charge in [0.05, 0.1) is 0 Å². The summed E-state index contributed by atoms with van der Waals surface area (Å²) in [4.78, 5) is 0. The van der Waals surface area contributed by atoms with E-state index in [-0.39, 0.29) is 0 Å². The van der Waals surface area contributed by atoms with Crippen molar-refractivity contribution in [3.05, 3.63) is 0 Å². The van der Waals surface area contributed by atoms with Crippen LogP contribution in [0.1, 0.15) is 27.2 Å². The molecule has 0 radical (unpaired) electrons. The van der Waals surface area contributed by atoms with E-state index in [2.05, 4.69) is 31.9 Å². The molecule has 0 amide bonds. The average Bonchev–Trinajstić information content (AvgIpc) is 1.91. The van der Waals surface area contributed by atoms with Crippen molar-refractivity contribution in [2.75, 3.05) is 13.1 Å². The van der Waals surface area contributed by atoms with Crippen LogP contribution in [-0.4, -0.2) is 26.6 Å². The molecule has 0 aliphatic heterocycles. The van der Waals surface area contributed by atoms with Gasteiger partial charge in [-0.05, 0) is 19.1 Å². The second kappa shape index (κ2) is 5.92. The highest BCUT2D eigenvalue weighted by molar-refractivity contribution is 6.54. The Morgan fingerprint density at radius 3 is 1.90 bits per heavy atom. The maximum Gasteiger partial charge on any atom is 0.108 e. The molecule has 0 aliphatic carbocycles.